The summed E-state index contributed by atoms with van der Waals surface area (Å²) >= 11 is 0. The zero-order chi connectivity index (χ0) is 33.7. The van der Waals surface area contributed by atoms with Gasteiger partial charge < -0.3 is 40.9 Å². The second-order valence-electron chi connectivity index (χ2n) is 13.5. The highest BCUT2D eigenvalue weighted by Gasteiger charge is 2.54. The van der Waals surface area contributed by atoms with Crippen molar-refractivity contribution in [2.75, 3.05) is 44.5 Å². The number of aromatic hydroxyl groups is 1. The number of fused-ring (bicyclic) bond motifs is 1. The minimum Gasteiger partial charge on any atom is -0.507 e. The number of aromatic amines is 1. The number of H-pyrrole nitrogens is 1. The van der Waals surface area contributed by atoms with E-state index in [1.54, 1.807) is 32.4 Å². The number of para-hydroxylation sites is 1. The number of piperidine rings is 1. The molecule has 2 aliphatic heterocycles. The summed E-state index contributed by atoms with van der Waals surface area (Å²) < 4.78 is 4.25. The minimum atomic E-state index is 0.00283. The second-order valence-corrected chi connectivity index (χ2v) is 13.5. The van der Waals surface area contributed by atoms with Gasteiger partial charge in [0.1, 0.15) is 17.9 Å². The first-order chi connectivity index (χ1) is 22.8. The van der Waals surface area contributed by atoms with Crippen LogP contribution in [0.25, 0.3) is 11.8 Å². The number of benzene rings is 1. The first-order valence-corrected chi connectivity index (χ1v) is 17.2. The third-order valence-electron chi connectivity index (χ3n) is 10.5. The van der Waals surface area contributed by atoms with Gasteiger partial charge in [0.05, 0.1) is 6.04 Å². The Hall–Kier alpha value is -3.89. The number of phenols is 1. The lowest BCUT2D eigenvalue weighted by atomic mass is 9.50. The van der Waals surface area contributed by atoms with Gasteiger partial charge in [-0.05, 0) is 93.6 Å². The Bertz CT molecular complexity index is 1510. The maximum Gasteiger partial charge on any atom is 0.225 e. The summed E-state index contributed by atoms with van der Waals surface area (Å²) in [5.74, 6) is 2.26. The summed E-state index contributed by atoms with van der Waals surface area (Å²) in [5.41, 5.74) is 18.7. The van der Waals surface area contributed by atoms with Gasteiger partial charge in [0, 0.05) is 79.6 Å². The van der Waals surface area contributed by atoms with E-state index >= 15 is 0 Å². The lowest BCUT2D eigenvalue weighted by molar-refractivity contribution is -0.130. The number of nitrogens with zero attached hydrogens (tertiary/aromatic N) is 4. The van der Waals surface area contributed by atoms with Gasteiger partial charge in [0.25, 0.3) is 0 Å². The van der Waals surface area contributed by atoms with Crippen LogP contribution in [0.15, 0.2) is 36.7 Å². The number of nitrogen functional groups attached to an aromatic ring is 1. The largest absolute Gasteiger partial charge is 0.507 e. The van der Waals surface area contributed by atoms with E-state index < -0.39 is 0 Å². The Morgan fingerprint density at radius 1 is 1.06 bits per heavy atom. The maximum absolute atomic E-state index is 11.0. The molecule has 1 unspecified atom stereocenters. The molecule has 4 aliphatic rings. The van der Waals surface area contributed by atoms with Gasteiger partial charge in [-0.1, -0.05) is 26.0 Å². The third kappa shape index (κ3) is 7.04. The summed E-state index contributed by atoms with van der Waals surface area (Å²) in [6.45, 7) is 9.20. The number of ether oxygens (including phenoxy) is 1. The molecule has 47 heavy (non-hydrogen) atoms. The van der Waals surface area contributed by atoms with Crippen molar-refractivity contribution in [1.29, 1.82) is 0 Å². The molecular formula is C37H53N7O3. The van der Waals surface area contributed by atoms with Crippen LogP contribution < -0.4 is 16.4 Å². The molecule has 1 spiro atoms. The number of nitrogens with two attached hydrogens (primary N) is 2. The van der Waals surface area contributed by atoms with Crippen LogP contribution in [-0.2, 0) is 16.0 Å². The van der Waals surface area contributed by atoms with Crippen LogP contribution in [0.4, 0.5) is 11.8 Å². The molecule has 0 amide bonds. The molecule has 1 saturated heterocycles. The van der Waals surface area contributed by atoms with E-state index in [4.69, 9.17) is 21.4 Å². The Morgan fingerprint density at radius 2 is 1.70 bits per heavy atom. The smallest absolute Gasteiger partial charge is 0.225 e. The van der Waals surface area contributed by atoms with E-state index in [1.165, 1.54) is 18.4 Å². The average Bonchev–Trinajstić information content (AvgIpc) is 3.37. The molecule has 0 bridgehead atoms. The first-order valence-electron chi connectivity index (χ1n) is 17.2. The van der Waals surface area contributed by atoms with Crippen molar-refractivity contribution in [2.45, 2.75) is 83.7 Å². The van der Waals surface area contributed by atoms with E-state index in [1.807, 2.05) is 38.4 Å². The highest BCUT2D eigenvalue weighted by Crippen LogP contribution is 2.59. The van der Waals surface area contributed by atoms with Crippen LogP contribution >= 0.6 is 0 Å². The lowest BCUT2D eigenvalue weighted by Crippen LogP contribution is -2.57. The van der Waals surface area contributed by atoms with Gasteiger partial charge in [-0.25, -0.2) is 9.97 Å². The molecule has 10 nitrogen and oxygen atoms in total. The Kier molecular flexibility index (Phi) is 10.9. The summed E-state index contributed by atoms with van der Waals surface area (Å²) in [7, 11) is 3.25. The highest BCUT2D eigenvalue weighted by molar-refractivity contribution is 5.86. The van der Waals surface area contributed by atoms with Crippen molar-refractivity contribution >= 4 is 29.8 Å². The zero-order valence-corrected chi connectivity index (χ0v) is 28.7. The average molecular weight is 644 g/mol. The molecule has 3 aromatic rings. The van der Waals surface area contributed by atoms with Crippen LogP contribution in [0.3, 0.4) is 0 Å². The molecule has 1 aromatic carbocycles. The molecule has 2 saturated carbocycles. The predicted molar refractivity (Wildman–Crippen MR) is 189 cm³/mol. The van der Waals surface area contributed by atoms with Gasteiger partial charge in [0.2, 0.25) is 5.95 Å². The fraction of sp³-hybridized carbons (Fsp3) is 0.541. The molecule has 7 rings (SSSR count). The van der Waals surface area contributed by atoms with Gasteiger partial charge in [-0.15, -0.1) is 0 Å². The van der Waals surface area contributed by atoms with Crippen LogP contribution in [0.5, 0.6) is 5.75 Å². The summed E-state index contributed by atoms with van der Waals surface area (Å²) in [6.07, 6.45) is 14.9. The maximum atomic E-state index is 11.0. The van der Waals surface area contributed by atoms with E-state index in [9.17, 15) is 9.90 Å². The van der Waals surface area contributed by atoms with Gasteiger partial charge >= 0.3 is 0 Å². The monoisotopic (exact) mass is 643 g/mol. The molecule has 4 heterocycles. The number of likely N-dealkylation sites (tertiary alicyclic amines) is 1. The Morgan fingerprint density at radius 3 is 2.32 bits per heavy atom. The first kappa shape index (κ1) is 34.4. The SMILES string of the molecule is CC.CC1c2c([nH]c(N)c2/C=C(\N)c2ccccc2O)CCN1c1ncc(C2CCN(C3CC4(CC(C=O)C4)C3)CC2)cn1.COC. The van der Waals surface area contributed by atoms with Crippen molar-refractivity contribution < 1.29 is 14.6 Å². The molecule has 1 atom stereocenters. The number of aromatic nitrogens is 3. The van der Waals surface area contributed by atoms with Crippen LogP contribution in [0.1, 0.15) is 99.2 Å². The highest BCUT2D eigenvalue weighted by atomic mass is 16.4. The second kappa shape index (κ2) is 14.9. The van der Waals surface area contributed by atoms with Gasteiger partial charge in [0.15, 0.2) is 0 Å². The topological polar surface area (TPSA) is 147 Å². The van der Waals surface area contributed by atoms with E-state index in [0.29, 0.717) is 40.4 Å². The number of carbonyl (C=O) groups is 1. The molecular weight excluding hydrogens is 590 g/mol. The van der Waals surface area contributed by atoms with Crippen LogP contribution in [0.2, 0.25) is 0 Å². The van der Waals surface area contributed by atoms with Crippen molar-refractivity contribution in [1.82, 2.24) is 19.9 Å². The molecule has 254 valence electrons. The number of aldehydes is 1. The van der Waals surface area contributed by atoms with E-state index in [-0.39, 0.29) is 11.8 Å². The summed E-state index contributed by atoms with van der Waals surface area (Å²) in [4.78, 5) is 29.0. The fourth-order valence-corrected chi connectivity index (χ4v) is 8.21. The molecule has 2 aliphatic carbocycles. The van der Waals surface area contributed by atoms with Gasteiger partial charge in [-0.2, -0.15) is 0 Å². The number of methoxy groups -OCH3 is 1. The number of hydrogen-bond acceptors (Lipinski definition) is 9. The van der Waals surface area contributed by atoms with E-state index in [0.717, 1.165) is 80.8 Å². The van der Waals surface area contributed by atoms with Crippen molar-refractivity contribution in [3.8, 4) is 5.75 Å². The molecule has 0 radical (unpaired) electrons. The summed E-state index contributed by atoms with van der Waals surface area (Å²) in [5, 5.41) is 10.3. The van der Waals surface area contributed by atoms with Crippen molar-refractivity contribution in [3.05, 3.63) is 64.6 Å². The zero-order valence-electron chi connectivity index (χ0n) is 28.7. The van der Waals surface area contributed by atoms with E-state index in [2.05, 4.69) is 26.4 Å². The van der Waals surface area contributed by atoms with Crippen LogP contribution in [0, 0.1) is 11.3 Å². The number of rotatable bonds is 6. The Balaban J connectivity index is 0.000000822. The van der Waals surface area contributed by atoms with Gasteiger partial charge in [-0.3, -0.25) is 0 Å². The number of nitrogens with one attached hydrogen (secondary N) is 1. The number of anilines is 2. The third-order valence-corrected chi connectivity index (χ3v) is 10.5. The Labute approximate surface area is 279 Å². The minimum absolute atomic E-state index is 0.00283. The lowest BCUT2D eigenvalue weighted by Gasteiger charge is -2.59. The fourth-order valence-electron chi connectivity index (χ4n) is 8.21. The van der Waals surface area contributed by atoms with Crippen LogP contribution in [-0.4, -0.2) is 71.1 Å². The molecule has 10 heteroatoms. The number of carbonyl (C=O) groups excluding carboxylic acids is 1. The molecule has 6 N–H and O–H groups in total. The molecule has 2 aromatic heterocycles. The normalized spacial score (nSPS) is 25.8. The quantitative estimate of drug-likeness (QED) is 0.241. The number of phenolic OH excluding ortho intramolecular Hbond substituents is 1. The standard InChI is InChI=1S/C33H41N7O2.C2H6O.C2H6/c1-20-30-26(12-27(34)25-4-2-3-5-29(25)42)31(35)38-28(30)8-11-40(20)32-36-17-23(18-37-32)22-6-9-39(10-7-22)24-15-33(16-24)13-21(14-33)19-41;1-3-2;1-2/h2-5,12,17-22,24,38,42H,6-11,13-16,34-35H2,1H3;1-2H3;1-2H3/b27-12-;;. The van der Waals surface area contributed by atoms with Crippen molar-refractivity contribution in [3.63, 3.8) is 0 Å². The summed E-state index contributed by atoms with van der Waals surface area (Å²) in [6, 6.07) is 7.77. The molecule has 3 fully saturated rings. The van der Waals surface area contributed by atoms with Crippen molar-refractivity contribution in [2.24, 2.45) is 17.1 Å². The number of hydrogen-bond donors (Lipinski definition) is 4. The predicted octanol–water partition coefficient (Wildman–Crippen LogP) is 5.90.